The number of hydrogen-bond acceptors (Lipinski definition) is 3. The molecule has 0 radical (unpaired) electrons. The lowest BCUT2D eigenvalue weighted by Crippen LogP contribution is -2.37. The third kappa shape index (κ3) is 3.40. The van der Waals surface area contributed by atoms with Gasteiger partial charge >= 0.3 is 0 Å². The minimum absolute atomic E-state index is 0.0487. The Labute approximate surface area is 149 Å². The van der Waals surface area contributed by atoms with Crippen LogP contribution in [-0.2, 0) is 14.9 Å². The van der Waals surface area contributed by atoms with Crippen LogP contribution in [0.5, 0.6) is 5.75 Å². The van der Waals surface area contributed by atoms with Gasteiger partial charge in [0, 0.05) is 19.2 Å². The molecule has 1 fully saturated rings. The summed E-state index contributed by atoms with van der Waals surface area (Å²) in [4.78, 5) is 12.9. The van der Waals surface area contributed by atoms with Gasteiger partial charge in [-0.1, -0.05) is 42.5 Å². The van der Waals surface area contributed by atoms with Crippen LogP contribution >= 0.6 is 0 Å². The number of rotatable bonds is 7. The highest BCUT2D eigenvalue weighted by Gasteiger charge is 2.52. The zero-order chi connectivity index (χ0) is 17.9. The number of carbonyl (C=O) groups excluding carboxylic acids is 1. The first-order valence-corrected chi connectivity index (χ1v) is 8.62. The van der Waals surface area contributed by atoms with Gasteiger partial charge in [-0.3, -0.25) is 4.79 Å². The van der Waals surface area contributed by atoms with E-state index >= 15 is 0 Å². The largest absolute Gasteiger partial charge is 0.496 e. The maximum absolute atomic E-state index is 12.9. The number of carbonyl (C=O) groups is 1. The molecule has 2 aromatic rings. The van der Waals surface area contributed by atoms with Crippen LogP contribution in [0.2, 0.25) is 0 Å². The average molecular weight is 339 g/mol. The van der Waals surface area contributed by atoms with Crippen LogP contribution < -0.4 is 10.1 Å². The van der Waals surface area contributed by atoms with E-state index in [9.17, 15) is 4.79 Å². The molecule has 1 N–H and O–H groups in total. The highest BCUT2D eigenvalue weighted by molar-refractivity contribution is 5.92. The molecule has 1 atom stereocenters. The number of ether oxygens (including phenoxy) is 2. The summed E-state index contributed by atoms with van der Waals surface area (Å²) in [6, 6.07) is 15.9. The molecule has 4 heteroatoms. The second-order valence-corrected chi connectivity index (χ2v) is 6.57. The number of para-hydroxylation sites is 1. The molecule has 0 bridgehead atoms. The normalized spacial score (nSPS) is 16.1. The third-order valence-electron chi connectivity index (χ3n) is 5.08. The fraction of sp³-hybridized carbons (Fsp3) is 0.381. The molecular weight excluding hydrogens is 314 g/mol. The van der Waals surface area contributed by atoms with E-state index in [2.05, 4.69) is 18.3 Å². The number of methoxy groups -OCH3 is 2. The van der Waals surface area contributed by atoms with Crippen LogP contribution in [0.25, 0.3) is 0 Å². The molecule has 0 heterocycles. The molecule has 0 saturated heterocycles. The van der Waals surface area contributed by atoms with E-state index in [4.69, 9.17) is 9.47 Å². The molecule has 1 aliphatic rings. The van der Waals surface area contributed by atoms with Crippen LogP contribution in [0.4, 0.5) is 0 Å². The van der Waals surface area contributed by atoms with Crippen molar-refractivity contribution in [3.63, 3.8) is 0 Å². The lowest BCUT2D eigenvalue weighted by Gasteiger charge is -2.22. The molecular formula is C21H25NO3. The average Bonchev–Trinajstić information content (AvgIpc) is 3.45. The smallest absolute Gasteiger partial charge is 0.230 e. The van der Waals surface area contributed by atoms with Gasteiger partial charge in [-0.2, -0.15) is 0 Å². The highest BCUT2D eigenvalue weighted by atomic mass is 16.5. The number of nitrogens with one attached hydrogen (secondary N) is 1. The lowest BCUT2D eigenvalue weighted by atomic mass is 9.93. The second-order valence-electron chi connectivity index (χ2n) is 6.57. The zero-order valence-corrected chi connectivity index (χ0v) is 15.0. The van der Waals surface area contributed by atoms with Gasteiger partial charge in [0.25, 0.3) is 0 Å². The van der Waals surface area contributed by atoms with Crippen LogP contribution in [0.15, 0.2) is 48.5 Å². The molecule has 25 heavy (non-hydrogen) atoms. The first-order valence-electron chi connectivity index (χ1n) is 8.62. The minimum Gasteiger partial charge on any atom is -0.496 e. The number of aryl methyl sites for hydroxylation is 1. The Morgan fingerprint density at radius 2 is 1.80 bits per heavy atom. The van der Waals surface area contributed by atoms with Crippen molar-refractivity contribution in [2.45, 2.75) is 31.3 Å². The molecule has 1 aliphatic carbocycles. The Morgan fingerprint density at radius 1 is 1.12 bits per heavy atom. The predicted molar refractivity (Wildman–Crippen MR) is 97.8 cm³/mol. The Hall–Kier alpha value is -2.33. The number of amides is 1. The fourth-order valence-corrected chi connectivity index (χ4v) is 3.41. The Morgan fingerprint density at radius 3 is 2.44 bits per heavy atom. The van der Waals surface area contributed by atoms with Gasteiger partial charge in [0.2, 0.25) is 5.91 Å². The van der Waals surface area contributed by atoms with Crippen molar-refractivity contribution >= 4 is 5.91 Å². The summed E-state index contributed by atoms with van der Waals surface area (Å²) >= 11 is 0. The Bertz CT molecular complexity index is 752. The van der Waals surface area contributed by atoms with E-state index in [-0.39, 0.29) is 12.0 Å². The molecule has 3 rings (SSSR count). The molecule has 2 aromatic carbocycles. The molecule has 1 saturated carbocycles. The van der Waals surface area contributed by atoms with Crippen LogP contribution in [0.3, 0.4) is 0 Å². The lowest BCUT2D eigenvalue weighted by molar-refractivity contribution is -0.124. The van der Waals surface area contributed by atoms with Crippen molar-refractivity contribution in [3.8, 4) is 5.75 Å². The van der Waals surface area contributed by atoms with Gasteiger partial charge < -0.3 is 14.8 Å². The summed E-state index contributed by atoms with van der Waals surface area (Å²) in [7, 11) is 3.32. The van der Waals surface area contributed by atoms with Crippen LogP contribution in [0, 0.1) is 6.92 Å². The van der Waals surface area contributed by atoms with E-state index in [1.165, 1.54) is 0 Å². The van der Waals surface area contributed by atoms with E-state index in [1.54, 1.807) is 14.2 Å². The predicted octanol–water partition coefficient (Wildman–Crippen LogP) is 3.54. The van der Waals surface area contributed by atoms with E-state index in [1.807, 2.05) is 42.5 Å². The van der Waals surface area contributed by atoms with Gasteiger partial charge in [-0.05, 0) is 37.0 Å². The van der Waals surface area contributed by atoms with Gasteiger partial charge in [-0.15, -0.1) is 0 Å². The summed E-state index contributed by atoms with van der Waals surface area (Å²) in [5.41, 5.74) is 2.78. The van der Waals surface area contributed by atoms with Gasteiger partial charge in [0.05, 0.1) is 18.6 Å². The molecule has 4 nitrogen and oxygen atoms in total. The van der Waals surface area contributed by atoms with Crippen molar-refractivity contribution in [3.05, 3.63) is 65.2 Å². The summed E-state index contributed by atoms with van der Waals surface area (Å²) in [6.45, 7) is 2.51. The van der Waals surface area contributed by atoms with Crippen molar-refractivity contribution in [2.24, 2.45) is 0 Å². The van der Waals surface area contributed by atoms with Crippen molar-refractivity contribution < 1.29 is 14.3 Å². The van der Waals surface area contributed by atoms with Crippen LogP contribution in [-0.4, -0.2) is 26.7 Å². The van der Waals surface area contributed by atoms with Gasteiger partial charge in [0.1, 0.15) is 5.75 Å². The summed E-state index contributed by atoms with van der Waals surface area (Å²) in [5, 5.41) is 3.09. The van der Waals surface area contributed by atoms with Gasteiger partial charge in [-0.25, -0.2) is 0 Å². The maximum atomic E-state index is 12.9. The second kappa shape index (κ2) is 7.28. The molecule has 0 aliphatic heterocycles. The highest BCUT2D eigenvalue weighted by Crippen LogP contribution is 2.51. The van der Waals surface area contributed by atoms with Gasteiger partial charge in [0.15, 0.2) is 0 Å². The first-order chi connectivity index (χ1) is 12.1. The SMILES string of the molecule is COc1ccccc1C1(C(=O)NCC(OC)c2ccccc2C)CC1. The fourth-order valence-electron chi connectivity index (χ4n) is 3.41. The standard InChI is InChI=1S/C21H25NO3/c1-15-8-4-5-9-16(15)19(25-3)14-22-20(23)21(12-13-21)17-10-6-7-11-18(17)24-2/h4-11,19H,12-14H2,1-3H3,(H,22,23). The minimum atomic E-state index is -0.462. The molecule has 0 aromatic heterocycles. The topological polar surface area (TPSA) is 47.6 Å². The molecule has 1 amide bonds. The Kier molecular flexibility index (Phi) is 5.09. The number of benzene rings is 2. The third-order valence-corrected chi connectivity index (χ3v) is 5.08. The summed E-state index contributed by atoms with van der Waals surface area (Å²) in [5.74, 6) is 0.824. The molecule has 1 unspecified atom stereocenters. The van der Waals surface area contributed by atoms with Crippen molar-refractivity contribution in [1.82, 2.24) is 5.32 Å². The van der Waals surface area contributed by atoms with Crippen molar-refractivity contribution in [2.75, 3.05) is 20.8 Å². The zero-order valence-electron chi connectivity index (χ0n) is 15.0. The quantitative estimate of drug-likeness (QED) is 0.839. The maximum Gasteiger partial charge on any atom is 0.230 e. The first kappa shape index (κ1) is 17.5. The summed E-state index contributed by atoms with van der Waals surface area (Å²) in [6.07, 6.45) is 1.54. The van der Waals surface area contributed by atoms with Crippen LogP contribution in [0.1, 0.15) is 35.6 Å². The van der Waals surface area contributed by atoms with E-state index in [0.29, 0.717) is 6.54 Å². The monoisotopic (exact) mass is 339 g/mol. The van der Waals surface area contributed by atoms with Crippen molar-refractivity contribution in [1.29, 1.82) is 0 Å². The molecule has 132 valence electrons. The Balaban J connectivity index is 1.73. The van der Waals surface area contributed by atoms with E-state index < -0.39 is 5.41 Å². The number of hydrogen-bond donors (Lipinski definition) is 1. The van der Waals surface area contributed by atoms with E-state index in [0.717, 1.165) is 35.3 Å². The summed E-state index contributed by atoms with van der Waals surface area (Å²) < 4.78 is 11.1. The molecule has 0 spiro atoms.